The van der Waals surface area contributed by atoms with Gasteiger partial charge in [0.1, 0.15) is 5.69 Å². The van der Waals surface area contributed by atoms with E-state index in [1.165, 1.54) is 6.20 Å². The fourth-order valence-electron chi connectivity index (χ4n) is 2.77. The fourth-order valence-corrected chi connectivity index (χ4v) is 2.77. The molecule has 2 amide bonds. The van der Waals surface area contributed by atoms with Crippen LogP contribution >= 0.6 is 0 Å². The van der Waals surface area contributed by atoms with Crippen LogP contribution in [0.4, 0.5) is 5.69 Å². The zero-order valence-electron chi connectivity index (χ0n) is 15.4. The van der Waals surface area contributed by atoms with Gasteiger partial charge in [-0.15, -0.1) is 0 Å². The molecule has 1 aromatic heterocycles. The number of rotatable bonds is 5. The summed E-state index contributed by atoms with van der Waals surface area (Å²) < 4.78 is 0. The summed E-state index contributed by atoms with van der Waals surface area (Å²) in [4.78, 5) is 32.8. The van der Waals surface area contributed by atoms with Crippen LogP contribution in [-0.4, -0.2) is 35.8 Å². The average Bonchev–Trinajstić information content (AvgIpc) is 2.73. The number of benzene rings is 2. The molecule has 0 saturated heterocycles. The summed E-state index contributed by atoms with van der Waals surface area (Å²) in [5.74, 6) is -0.417. The molecule has 0 atom stereocenters. The molecule has 0 bridgehead atoms. The summed E-state index contributed by atoms with van der Waals surface area (Å²) >= 11 is 0. The second kappa shape index (κ2) is 8.27. The minimum atomic E-state index is -0.226. The van der Waals surface area contributed by atoms with Crippen LogP contribution in [0, 0.1) is 0 Å². The van der Waals surface area contributed by atoms with Crippen LogP contribution in [0.15, 0.2) is 79.0 Å². The molecule has 0 fully saturated rings. The van der Waals surface area contributed by atoms with Crippen molar-refractivity contribution in [2.24, 2.45) is 0 Å². The first-order chi connectivity index (χ1) is 13.1. The number of nitrogens with zero attached hydrogens (tertiary/aromatic N) is 3. The molecule has 0 N–H and O–H groups in total. The standard InChI is InChI=1S/C22H21N3O2/c1-24(16-17-9-5-3-6-10-17)22(27)20-15-18(13-14-23-20)21(26)25(2)19-11-7-4-8-12-19/h3-15H,16H2,1-2H3. The first-order valence-electron chi connectivity index (χ1n) is 8.65. The number of amides is 2. The molecule has 27 heavy (non-hydrogen) atoms. The van der Waals surface area contributed by atoms with E-state index in [9.17, 15) is 9.59 Å². The van der Waals surface area contributed by atoms with Crippen molar-refractivity contribution in [3.05, 3.63) is 95.8 Å². The number of pyridine rings is 1. The minimum absolute atomic E-state index is 0.191. The third-order valence-electron chi connectivity index (χ3n) is 4.28. The first-order valence-corrected chi connectivity index (χ1v) is 8.65. The summed E-state index contributed by atoms with van der Waals surface area (Å²) in [5.41, 5.74) is 2.49. The Morgan fingerprint density at radius 3 is 2.15 bits per heavy atom. The topological polar surface area (TPSA) is 53.5 Å². The van der Waals surface area contributed by atoms with E-state index >= 15 is 0 Å². The van der Waals surface area contributed by atoms with E-state index in [2.05, 4.69) is 4.98 Å². The maximum atomic E-state index is 12.8. The van der Waals surface area contributed by atoms with E-state index in [1.54, 1.807) is 36.0 Å². The van der Waals surface area contributed by atoms with Gasteiger partial charge in [0, 0.05) is 38.1 Å². The molecule has 0 radical (unpaired) electrons. The first kappa shape index (κ1) is 18.3. The molecule has 0 saturated carbocycles. The second-order valence-corrected chi connectivity index (χ2v) is 6.28. The van der Waals surface area contributed by atoms with E-state index in [4.69, 9.17) is 0 Å². The van der Waals surface area contributed by atoms with E-state index in [0.717, 1.165) is 11.3 Å². The minimum Gasteiger partial charge on any atom is -0.336 e. The van der Waals surface area contributed by atoms with Gasteiger partial charge in [0.25, 0.3) is 11.8 Å². The van der Waals surface area contributed by atoms with Gasteiger partial charge in [-0.05, 0) is 29.8 Å². The quantitative estimate of drug-likeness (QED) is 0.699. The van der Waals surface area contributed by atoms with Crippen LogP contribution in [0.2, 0.25) is 0 Å². The summed E-state index contributed by atoms with van der Waals surface area (Å²) in [6.07, 6.45) is 1.50. The molecule has 0 aliphatic rings. The van der Waals surface area contributed by atoms with Gasteiger partial charge < -0.3 is 9.80 Å². The van der Waals surface area contributed by atoms with Gasteiger partial charge in [-0.3, -0.25) is 14.6 Å². The van der Waals surface area contributed by atoms with Crippen molar-refractivity contribution in [3.8, 4) is 0 Å². The molecule has 136 valence electrons. The summed E-state index contributed by atoms with van der Waals surface area (Å²) in [7, 11) is 3.43. The molecule has 2 aromatic carbocycles. The number of para-hydroxylation sites is 1. The lowest BCUT2D eigenvalue weighted by Crippen LogP contribution is -2.29. The fraction of sp³-hybridized carbons (Fsp3) is 0.136. The molecule has 5 nitrogen and oxygen atoms in total. The normalized spacial score (nSPS) is 10.3. The van der Waals surface area contributed by atoms with Gasteiger partial charge >= 0.3 is 0 Å². The monoisotopic (exact) mass is 359 g/mol. The Balaban J connectivity index is 1.76. The molecule has 5 heteroatoms. The molecule has 3 rings (SSSR count). The molecule has 0 unspecified atom stereocenters. The van der Waals surface area contributed by atoms with Crippen molar-refractivity contribution in [2.45, 2.75) is 6.54 Å². The summed E-state index contributed by atoms with van der Waals surface area (Å²) in [6.45, 7) is 0.476. The number of anilines is 1. The Kier molecular flexibility index (Phi) is 5.61. The van der Waals surface area contributed by atoms with Crippen molar-refractivity contribution in [1.29, 1.82) is 0 Å². The SMILES string of the molecule is CN(Cc1ccccc1)C(=O)c1cc(C(=O)N(C)c2ccccc2)ccn1. The largest absolute Gasteiger partial charge is 0.336 e. The zero-order valence-corrected chi connectivity index (χ0v) is 15.4. The van der Waals surface area contributed by atoms with Crippen LogP contribution in [0.25, 0.3) is 0 Å². The van der Waals surface area contributed by atoms with Crippen LogP contribution in [0.1, 0.15) is 26.4 Å². The molecule has 0 spiro atoms. The Morgan fingerprint density at radius 2 is 1.48 bits per heavy atom. The second-order valence-electron chi connectivity index (χ2n) is 6.28. The number of carbonyl (C=O) groups is 2. The maximum Gasteiger partial charge on any atom is 0.272 e. The van der Waals surface area contributed by atoms with Gasteiger partial charge in [-0.1, -0.05) is 48.5 Å². The highest BCUT2D eigenvalue weighted by Gasteiger charge is 2.18. The van der Waals surface area contributed by atoms with Crippen LogP contribution in [0.5, 0.6) is 0 Å². The van der Waals surface area contributed by atoms with Gasteiger partial charge in [0.05, 0.1) is 0 Å². The van der Waals surface area contributed by atoms with E-state index < -0.39 is 0 Å². The Labute approximate surface area is 158 Å². The van der Waals surface area contributed by atoms with E-state index in [0.29, 0.717) is 12.1 Å². The molecule has 0 aliphatic carbocycles. The molecule has 3 aromatic rings. The van der Waals surface area contributed by atoms with Gasteiger partial charge in [-0.2, -0.15) is 0 Å². The zero-order chi connectivity index (χ0) is 19.2. The van der Waals surface area contributed by atoms with Crippen molar-refractivity contribution in [1.82, 2.24) is 9.88 Å². The van der Waals surface area contributed by atoms with Gasteiger partial charge in [-0.25, -0.2) is 0 Å². The summed E-state index contributed by atoms with van der Waals surface area (Å²) in [5, 5.41) is 0. The number of carbonyl (C=O) groups excluding carboxylic acids is 2. The van der Waals surface area contributed by atoms with Crippen LogP contribution in [-0.2, 0) is 6.54 Å². The lowest BCUT2D eigenvalue weighted by Gasteiger charge is -2.19. The molecule has 0 aliphatic heterocycles. The van der Waals surface area contributed by atoms with Crippen molar-refractivity contribution >= 4 is 17.5 Å². The highest BCUT2D eigenvalue weighted by molar-refractivity contribution is 6.06. The highest BCUT2D eigenvalue weighted by Crippen LogP contribution is 2.16. The Morgan fingerprint density at radius 1 is 0.852 bits per heavy atom. The Bertz CT molecular complexity index is 927. The molecule has 1 heterocycles. The van der Waals surface area contributed by atoms with Crippen molar-refractivity contribution in [3.63, 3.8) is 0 Å². The smallest absolute Gasteiger partial charge is 0.272 e. The van der Waals surface area contributed by atoms with E-state index in [1.807, 2.05) is 60.7 Å². The molecular formula is C22H21N3O2. The predicted octanol–water partition coefficient (Wildman–Crippen LogP) is 3.63. The predicted molar refractivity (Wildman–Crippen MR) is 106 cm³/mol. The highest BCUT2D eigenvalue weighted by atomic mass is 16.2. The van der Waals surface area contributed by atoms with E-state index in [-0.39, 0.29) is 17.5 Å². The maximum absolute atomic E-state index is 12.8. The third-order valence-corrected chi connectivity index (χ3v) is 4.28. The lowest BCUT2D eigenvalue weighted by molar-refractivity contribution is 0.0779. The number of hydrogen-bond donors (Lipinski definition) is 0. The van der Waals surface area contributed by atoms with Gasteiger partial charge in [0.15, 0.2) is 0 Å². The number of hydrogen-bond acceptors (Lipinski definition) is 3. The van der Waals surface area contributed by atoms with Crippen LogP contribution < -0.4 is 4.90 Å². The number of aromatic nitrogens is 1. The molecular weight excluding hydrogens is 338 g/mol. The Hall–Kier alpha value is -3.47. The van der Waals surface area contributed by atoms with Gasteiger partial charge in [0.2, 0.25) is 0 Å². The summed E-state index contributed by atoms with van der Waals surface area (Å²) in [6, 6.07) is 22.3. The average molecular weight is 359 g/mol. The van der Waals surface area contributed by atoms with Crippen LogP contribution in [0.3, 0.4) is 0 Å². The van der Waals surface area contributed by atoms with Crippen molar-refractivity contribution in [2.75, 3.05) is 19.0 Å². The van der Waals surface area contributed by atoms with Crippen molar-refractivity contribution < 1.29 is 9.59 Å². The third kappa shape index (κ3) is 4.39. The lowest BCUT2D eigenvalue weighted by atomic mass is 10.1.